The van der Waals surface area contributed by atoms with Gasteiger partial charge in [0, 0.05) is 16.6 Å². The SMILES string of the molecule is Cc1ccc(Br)cc1S(=O)(=O)NC(C)(CN)C1CC1.Cl. The number of benzene rings is 1. The van der Waals surface area contributed by atoms with E-state index in [1.165, 1.54) is 0 Å². The molecule has 3 N–H and O–H groups in total. The van der Waals surface area contributed by atoms with Gasteiger partial charge in [0.15, 0.2) is 0 Å². The molecule has 20 heavy (non-hydrogen) atoms. The van der Waals surface area contributed by atoms with Crippen LogP contribution in [0.2, 0.25) is 0 Å². The zero-order chi connectivity index (χ0) is 14.3. The van der Waals surface area contributed by atoms with Crippen LogP contribution < -0.4 is 10.5 Å². The lowest BCUT2D eigenvalue weighted by Crippen LogP contribution is -2.53. The second-order valence-corrected chi connectivity index (χ2v) is 7.98. The summed E-state index contributed by atoms with van der Waals surface area (Å²) in [6.07, 6.45) is 2.07. The van der Waals surface area contributed by atoms with Crippen molar-refractivity contribution in [3.8, 4) is 0 Å². The minimum atomic E-state index is -3.55. The molecule has 0 saturated heterocycles. The van der Waals surface area contributed by atoms with Gasteiger partial charge in [0.25, 0.3) is 0 Å². The molecule has 7 heteroatoms. The Bertz CT molecular complexity index is 590. The van der Waals surface area contributed by atoms with Gasteiger partial charge in [-0.05, 0) is 50.3 Å². The number of halogens is 2. The lowest BCUT2D eigenvalue weighted by Gasteiger charge is -2.29. The molecule has 1 aromatic carbocycles. The summed E-state index contributed by atoms with van der Waals surface area (Å²) in [5.41, 5.74) is 5.94. The third-order valence-electron chi connectivity index (χ3n) is 3.71. The highest BCUT2D eigenvalue weighted by molar-refractivity contribution is 9.10. The molecular weight excluding hydrogens is 364 g/mol. The minimum absolute atomic E-state index is 0. The number of rotatable bonds is 5. The number of sulfonamides is 1. The van der Waals surface area contributed by atoms with Crippen LogP contribution in [-0.4, -0.2) is 20.5 Å². The first-order valence-corrected chi connectivity index (χ1v) is 8.56. The maximum atomic E-state index is 12.5. The van der Waals surface area contributed by atoms with E-state index in [9.17, 15) is 8.42 Å². The normalized spacial score (nSPS) is 18.2. The van der Waals surface area contributed by atoms with Crippen LogP contribution in [0.25, 0.3) is 0 Å². The number of aryl methyl sites for hydroxylation is 1. The van der Waals surface area contributed by atoms with Crippen LogP contribution in [0, 0.1) is 12.8 Å². The van der Waals surface area contributed by atoms with Crippen LogP contribution in [0.15, 0.2) is 27.6 Å². The molecule has 1 atom stereocenters. The van der Waals surface area contributed by atoms with Crippen LogP contribution >= 0.6 is 28.3 Å². The molecule has 0 bridgehead atoms. The van der Waals surface area contributed by atoms with Crippen molar-refractivity contribution in [2.24, 2.45) is 11.7 Å². The number of nitrogens with one attached hydrogen (secondary N) is 1. The molecule has 0 aliphatic heterocycles. The monoisotopic (exact) mass is 382 g/mol. The minimum Gasteiger partial charge on any atom is -0.329 e. The van der Waals surface area contributed by atoms with Gasteiger partial charge in [0.2, 0.25) is 10.0 Å². The molecule has 0 amide bonds. The van der Waals surface area contributed by atoms with Crippen molar-refractivity contribution >= 4 is 38.4 Å². The molecule has 0 heterocycles. The Labute approximate surface area is 135 Å². The van der Waals surface area contributed by atoms with Crippen LogP contribution in [0.1, 0.15) is 25.3 Å². The molecule has 1 aliphatic rings. The van der Waals surface area contributed by atoms with Crippen molar-refractivity contribution in [2.75, 3.05) is 6.54 Å². The summed E-state index contributed by atoms with van der Waals surface area (Å²) in [7, 11) is -3.55. The molecule has 0 spiro atoms. The number of hydrogen-bond acceptors (Lipinski definition) is 3. The number of nitrogens with two attached hydrogens (primary N) is 1. The zero-order valence-corrected chi connectivity index (χ0v) is 14.7. The van der Waals surface area contributed by atoms with Gasteiger partial charge < -0.3 is 5.73 Å². The molecule has 1 saturated carbocycles. The topological polar surface area (TPSA) is 72.2 Å². The van der Waals surface area contributed by atoms with E-state index < -0.39 is 15.6 Å². The second-order valence-electron chi connectivity index (χ2n) is 5.41. The van der Waals surface area contributed by atoms with E-state index in [4.69, 9.17) is 5.73 Å². The highest BCUT2D eigenvalue weighted by Gasteiger charge is 2.43. The van der Waals surface area contributed by atoms with Crippen LogP contribution in [0.3, 0.4) is 0 Å². The third-order valence-corrected chi connectivity index (χ3v) is 5.96. The van der Waals surface area contributed by atoms with E-state index in [1.54, 1.807) is 19.1 Å². The third kappa shape index (κ3) is 3.74. The highest BCUT2D eigenvalue weighted by Crippen LogP contribution is 2.40. The Morgan fingerprint density at radius 3 is 2.55 bits per heavy atom. The smallest absolute Gasteiger partial charge is 0.241 e. The Morgan fingerprint density at radius 2 is 2.05 bits per heavy atom. The van der Waals surface area contributed by atoms with Gasteiger partial charge in [-0.2, -0.15) is 0 Å². The summed E-state index contributed by atoms with van der Waals surface area (Å²) in [5.74, 6) is 0.347. The Balaban J connectivity index is 0.00000200. The quantitative estimate of drug-likeness (QED) is 0.821. The van der Waals surface area contributed by atoms with Crippen LogP contribution in [-0.2, 0) is 10.0 Å². The van der Waals surface area contributed by atoms with Crippen molar-refractivity contribution in [3.05, 3.63) is 28.2 Å². The first-order chi connectivity index (χ1) is 8.78. The van der Waals surface area contributed by atoms with E-state index in [1.807, 2.05) is 13.0 Å². The summed E-state index contributed by atoms with van der Waals surface area (Å²) < 4.78 is 28.6. The van der Waals surface area contributed by atoms with Gasteiger partial charge in [-0.15, -0.1) is 12.4 Å². The Kier molecular flexibility index (Phi) is 5.66. The van der Waals surface area contributed by atoms with Gasteiger partial charge in [-0.1, -0.05) is 22.0 Å². The Morgan fingerprint density at radius 1 is 1.45 bits per heavy atom. The summed E-state index contributed by atoms with van der Waals surface area (Å²) in [5, 5.41) is 0. The molecule has 0 radical (unpaired) electrons. The Hall–Kier alpha value is -0.140. The fraction of sp³-hybridized carbons (Fsp3) is 0.538. The maximum absolute atomic E-state index is 12.5. The van der Waals surface area contributed by atoms with Crippen LogP contribution in [0.4, 0.5) is 0 Å². The summed E-state index contributed by atoms with van der Waals surface area (Å²) in [6, 6.07) is 5.24. The van der Waals surface area contributed by atoms with Crippen molar-refractivity contribution in [3.63, 3.8) is 0 Å². The first kappa shape index (κ1) is 17.9. The fourth-order valence-electron chi connectivity index (χ4n) is 2.24. The average Bonchev–Trinajstić information content (AvgIpc) is 3.15. The fourth-order valence-corrected chi connectivity index (χ4v) is 4.50. The molecule has 4 nitrogen and oxygen atoms in total. The molecule has 1 aromatic rings. The van der Waals surface area contributed by atoms with Gasteiger partial charge in [-0.3, -0.25) is 0 Å². The summed E-state index contributed by atoms with van der Waals surface area (Å²) in [4.78, 5) is 0.308. The van der Waals surface area contributed by atoms with Crippen molar-refractivity contribution in [1.82, 2.24) is 4.72 Å². The van der Waals surface area contributed by atoms with E-state index in [-0.39, 0.29) is 12.4 Å². The van der Waals surface area contributed by atoms with Gasteiger partial charge in [-0.25, -0.2) is 13.1 Å². The molecular formula is C13H20BrClN2O2S. The lowest BCUT2D eigenvalue weighted by molar-refractivity contribution is 0.374. The van der Waals surface area contributed by atoms with E-state index in [2.05, 4.69) is 20.7 Å². The van der Waals surface area contributed by atoms with Crippen molar-refractivity contribution in [2.45, 2.75) is 37.1 Å². The summed E-state index contributed by atoms with van der Waals surface area (Å²) in [6.45, 7) is 3.98. The van der Waals surface area contributed by atoms with Gasteiger partial charge in [0.05, 0.1) is 4.90 Å². The lowest BCUT2D eigenvalue weighted by atomic mass is 9.98. The highest BCUT2D eigenvalue weighted by atomic mass is 79.9. The van der Waals surface area contributed by atoms with E-state index in [0.717, 1.165) is 22.9 Å². The van der Waals surface area contributed by atoms with Gasteiger partial charge >= 0.3 is 0 Å². The van der Waals surface area contributed by atoms with Crippen LogP contribution in [0.5, 0.6) is 0 Å². The average molecular weight is 384 g/mol. The molecule has 1 unspecified atom stereocenters. The number of hydrogen-bond donors (Lipinski definition) is 2. The molecule has 0 aromatic heterocycles. The second kappa shape index (κ2) is 6.32. The van der Waals surface area contributed by atoms with Gasteiger partial charge in [0.1, 0.15) is 0 Å². The standard InChI is InChI=1S/C13H19BrN2O2S.ClH/c1-9-3-6-11(14)7-12(9)19(17,18)16-13(2,8-15)10-4-5-10;/h3,6-7,10,16H,4-5,8,15H2,1-2H3;1H. The van der Waals surface area contributed by atoms with E-state index in [0.29, 0.717) is 17.4 Å². The van der Waals surface area contributed by atoms with E-state index >= 15 is 0 Å². The van der Waals surface area contributed by atoms with Crippen molar-refractivity contribution in [1.29, 1.82) is 0 Å². The maximum Gasteiger partial charge on any atom is 0.241 e. The molecule has 114 valence electrons. The van der Waals surface area contributed by atoms with Crippen molar-refractivity contribution < 1.29 is 8.42 Å². The zero-order valence-electron chi connectivity index (χ0n) is 11.5. The predicted octanol–water partition coefficient (Wildman–Crippen LogP) is 2.59. The predicted molar refractivity (Wildman–Crippen MR) is 86.6 cm³/mol. The molecule has 2 rings (SSSR count). The molecule has 1 fully saturated rings. The summed E-state index contributed by atoms with van der Waals surface area (Å²) >= 11 is 3.31. The first-order valence-electron chi connectivity index (χ1n) is 6.29. The largest absolute Gasteiger partial charge is 0.329 e. The molecule has 1 aliphatic carbocycles.